The van der Waals surface area contributed by atoms with Gasteiger partial charge in [-0.1, -0.05) is 5.16 Å². The van der Waals surface area contributed by atoms with E-state index in [9.17, 15) is 4.79 Å². The van der Waals surface area contributed by atoms with E-state index in [0.29, 0.717) is 11.8 Å². The smallest absolute Gasteiger partial charge is 0.317 e. The molecule has 128 valence electrons. The highest BCUT2D eigenvalue weighted by Crippen LogP contribution is 2.26. The van der Waals surface area contributed by atoms with Crippen LogP contribution in [0.4, 0.5) is 4.79 Å². The van der Waals surface area contributed by atoms with E-state index in [-0.39, 0.29) is 12.1 Å². The first-order chi connectivity index (χ1) is 11.1. The van der Waals surface area contributed by atoms with E-state index >= 15 is 0 Å². The van der Waals surface area contributed by atoms with Crippen molar-refractivity contribution in [2.24, 2.45) is 5.92 Å². The molecule has 3 heterocycles. The summed E-state index contributed by atoms with van der Waals surface area (Å²) in [6.45, 7) is 7.05. The summed E-state index contributed by atoms with van der Waals surface area (Å²) in [5, 5.41) is 7.07. The Labute approximate surface area is 136 Å². The van der Waals surface area contributed by atoms with Crippen LogP contribution in [0.1, 0.15) is 50.7 Å². The maximum Gasteiger partial charge on any atom is 0.317 e. The van der Waals surface area contributed by atoms with Gasteiger partial charge in [-0.15, -0.1) is 0 Å². The molecule has 3 rings (SSSR count). The van der Waals surface area contributed by atoms with Crippen molar-refractivity contribution in [3.8, 4) is 0 Å². The second-order valence-corrected chi connectivity index (χ2v) is 6.84. The second kappa shape index (κ2) is 7.29. The Morgan fingerprint density at radius 1 is 1.35 bits per heavy atom. The predicted octanol–water partition coefficient (Wildman–Crippen LogP) is 1.95. The van der Waals surface area contributed by atoms with Crippen LogP contribution in [0.5, 0.6) is 0 Å². The van der Waals surface area contributed by atoms with Gasteiger partial charge in [0, 0.05) is 44.7 Å². The molecule has 1 aromatic rings. The highest BCUT2D eigenvalue weighted by atomic mass is 16.5. The van der Waals surface area contributed by atoms with Crippen molar-refractivity contribution in [2.75, 3.05) is 26.3 Å². The Morgan fingerprint density at radius 3 is 2.87 bits per heavy atom. The van der Waals surface area contributed by atoms with Gasteiger partial charge in [-0.25, -0.2) is 4.79 Å². The van der Waals surface area contributed by atoms with Crippen LogP contribution >= 0.6 is 0 Å². The highest BCUT2D eigenvalue weighted by molar-refractivity contribution is 5.74. The molecule has 0 saturated carbocycles. The molecule has 2 saturated heterocycles. The minimum Gasteiger partial charge on any atom is -0.381 e. The van der Waals surface area contributed by atoms with E-state index < -0.39 is 0 Å². The zero-order chi connectivity index (χ0) is 16.2. The van der Waals surface area contributed by atoms with E-state index in [1.807, 2.05) is 18.7 Å². The van der Waals surface area contributed by atoms with Gasteiger partial charge in [0.25, 0.3) is 0 Å². The second-order valence-electron chi connectivity index (χ2n) is 6.84. The number of carbonyl (C=O) groups excluding carboxylic acids is 1. The number of hydrogen-bond donors (Lipinski definition) is 1. The van der Waals surface area contributed by atoms with Crippen molar-refractivity contribution in [1.29, 1.82) is 0 Å². The molecule has 7 heteroatoms. The van der Waals surface area contributed by atoms with Gasteiger partial charge in [0.15, 0.2) is 5.82 Å². The molecular formula is C16H26N4O3. The standard InChI is InChI=1S/C16H26N4O3/c1-11(2)17-16(21)20-6-3-12(10-20)9-14-18-15(23-19-14)13-4-7-22-8-5-13/h11-13H,3-10H2,1-2H3,(H,17,21). The summed E-state index contributed by atoms with van der Waals surface area (Å²) in [7, 11) is 0. The molecule has 0 aliphatic carbocycles. The molecule has 1 N–H and O–H groups in total. The van der Waals surface area contributed by atoms with Crippen LogP contribution in [-0.2, 0) is 11.2 Å². The number of hydrogen-bond acceptors (Lipinski definition) is 5. The molecule has 1 atom stereocenters. The number of ether oxygens (including phenoxy) is 1. The summed E-state index contributed by atoms with van der Waals surface area (Å²) in [6, 6.07) is 0.194. The number of likely N-dealkylation sites (tertiary alicyclic amines) is 1. The zero-order valence-corrected chi connectivity index (χ0v) is 14.0. The molecule has 1 aromatic heterocycles. The number of nitrogens with zero attached hydrogens (tertiary/aromatic N) is 3. The van der Waals surface area contributed by atoms with Crippen LogP contribution < -0.4 is 5.32 Å². The van der Waals surface area contributed by atoms with Gasteiger partial charge in [0.1, 0.15) is 0 Å². The SMILES string of the molecule is CC(C)NC(=O)N1CCC(Cc2noc(C3CCOCC3)n2)C1. The first-order valence-corrected chi connectivity index (χ1v) is 8.57. The summed E-state index contributed by atoms with van der Waals surface area (Å²) >= 11 is 0. The topological polar surface area (TPSA) is 80.5 Å². The first kappa shape index (κ1) is 16.2. The fourth-order valence-corrected chi connectivity index (χ4v) is 3.24. The van der Waals surface area contributed by atoms with E-state index in [4.69, 9.17) is 9.26 Å². The monoisotopic (exact) mass is 322 g/mol. The molecule has 2 aliphatic rings. The molecule has 1 unspecified atom stereocenters. The van der Waals surface area contributed by atoms with Gasteiger partial charge < -0.3 is 19.5 Å². The molecule has 0 spiro atoms. The van der Waals surface area contributed by atoms with E-state index in [2.05, 4.69) is 15.5 Å². The van der Waals surface area contributed by atoms with E-state index in [0.717, 1.165) is 63.7 Å². The molecule has 2 amide bonds. The third-order valence-corrected chi connectivity index (χ3v) is 4.51. The fourth-order valence-electron chi connectivity index (χ4n) is 3.24. The van der Waals surface area contributed by atoms with E-state index in [1.165, 1.54) is 0 Å². The normalized spacial score (nSPS) is 22.7. The van der Waals surface area contributed by atoms with Gasteiger partial charge in [-0.05, 0) is 39.0 Å². The Morgan fingerprint density at radius 2 is 2.13 bits per heavy atom. The summed E-state index contributed by atoms with van der Waals surface area (Å²) in [5.74, 6) is 2.26. The summed E-state index contributed by atoms with van der Waals surface area (Å²) in [4.78, 5) is 18.5. The first-order valence-electron chi connectivity index (χ1n) is 8.57. The number of carbonyl (C=O) groups is 1. The minimum atomic E-state index is 0.0264. The zero-order valence-electron chi connectivity index (χ0n) is 14.0. The molecule has 0 radical (unpaired) electrons. The Hall–Kier alpha value is -1.63. The Balaban J connectivity index is 1.50. The van der Waals surface area contributed by atoms with Gasteiger partial charge in [0.2, 0.25) is 5.89 Å². The van der Waals surface area contributed by atoms with Crippen molar-refractivity contribution in [3.63, 3.8) is 0 Å². The van der Waals surface area contributed by atoms with Gasteiger partial charge in [0.05, 0.1) is 0 Å². The molecule has 7 nitrogen and oxygen atoms in total. The Kier molecular flexibility index (Phi) is 5.15. The van der Waals surface area contributed by atoms with Crippen molar-refractivity contribution in [1.82, 2.24) is 20.4 Å². The van der Waals surface area contributed by atoms with Gasteiger partial charge in [-0.3, -0.25) is 0 Å². The fraction of sp³-hybridized carbons (Fsp3) is 0.812. The molecule has 2 fully saturated rings. The van der Waals surface area contributed by atoms with Crippen LogP contribution in [0.3, 0.4) is 0 Å². The lowest BCUT2D eigenvalue weighted by Gasteiger charge is -2.19. The summed E-state index contributed by atoms with van der Waals surface area (Å²) < 4.78 is 10.8. The van der Waals surface area contributed by atoms with Gasteiger partial charge in [-0.2, -0.15) is 4.98 Å². The molecule has 0 aromatic carbocycles. The molecule has 2 aliphatic heterocycles. The number of aromatic nitrogens is 2. The van der Waals surface area contributed by atoms with Crippen LogP contribution in [0.15, 0.2) is 4.52 Å². The lowest BCUT2D eigenvalue weighted by molar-refractivity contribution is 0.0778. The number of amides is 2. The van der Waals surface area contributed by atoms with Crippen molar-refractivity contribution in [2.45, 2.75) is 51.5 Å². The average molecular weight is 322 g/mol. The lowest BCUT2D eigenvalue weighted by Crippen LogP contribution is -2.41. The predicted molar refractivity (Wildman–Crippen MR) is 84.1 cm³/mol. The third kappa shape index (κ3) is 4.22. The van der Waals surface area contributed by atoms with Crippen LogP contribution in [0.25, 0.3) is 0 Å². The number of rotatable bonds is 4. The van der Waals surface area contributed by atoms with Crippen LogP contribution in [-0.4, -0.2) is 53.4 Å². The maximum atomic E-state index is 12.0. The van der Waals surface area contributed by atoms with Crippen molar-refractivity contribution >= 4 is 6.03 Å². The quantitative estimate of drug-likeness (QED) is 0.916. The largest absolute Gasteiger partial charge is 0.381 e. The minimum absolute atomic E-state index is 0.0264. The Bertz CT molecular complexity index is 525. The van der Waals surface area contributed by atoms with Crippen molar-refractivity contribution < 1.29 is 14.1 Å². The lowest BCUT2D eigenvalue weighted by atomic mass is 10.0. The molecule has 23 heavy (non-hydrogen) atoms. The maximum absolute atomic E-state index is 12.0. The summed E-state index contributed by atoms with van der Waals surface area (Å²) in [6.07, 6.45) is 3.67. The number of urea groups is 1. The van der Waals surface area contributed by atoms with E-state index in [1.54, 1.807) is 0 Å². The van der Waals surface area contributed by atoms with Gasteiger partial charge >= 0.3 is 6.03 Å². The van der Waals surface area contributed by atoms with Crippen LogP contribution in [0.2, 0.25) is 0 Å². The summed E-state index contributed by atoms with van der Waals surface area (Å²) in [5.41, 5.74) is 0. The average Bonchev–Trinajstić information content (AvgIpc) is 3.17. The third-order valence-electron chi connectivity index (χ3n) is 4.51. The van der Waals surface area contributed by atoms with Crippen LogP contribution in [0, 0.1) is 5.92 Å². The number of nitrogens with one attached hydrogen (secondary N) is 1. The van der Waals surface area contributed by atoms with Crippen molar-refractivity contribution in [3.05, 3.63) is 11.7 Å². The molecule has 0 bridgehead atoms. The molecular weight excluding hydrogens is 296 g/mol. The highest BCUT2D eigenvalue weighted by Gasteiger charge is 2.28.